The van der Waals surface area contributed by atoms with Crippen LogP contribution in [-0.2, 0) is 20.5 Å². The lowest BCUT2D eigenvalue weighted by Crippen LogP contribution is -2.51. The van der Waals surface area contributed by atoms with E-state index < -0.39 is 17.4 Å². The number of alkyl halides is 3. The van der Waals surface area contributed by atoms with Crippen molar-refractivity contribution in [3.05, 3.63) is 70.8 Å². The minimum atomic E-state index is -4.53. The predicted molar refractivity (Wildman–Crippen MR) is 162 cm³/mol. The van der Waals surface area contributed by atoms with E-state index in [1.54, 1.807) is 24.0 Å². The van der Waals surface area contributed by atoms with Crippen molar-refractivity contribution in [1.29, 1.82) is 0 Å². The van der Waals surface area contributed by atoms with E-state index in [9.17, 15) is 27.6 Å². The maximum absolute atomic E-state index is 13.9. The average molecular weight is 614 g/mol. The molecule has 1 N–H and O–H groups in total. The fourth-order valence-corrected chi connectivity index (χ4v) is 6.20. The first-order valence-electron chi connectivity index (χ1n) is 15.3. The highest BCUT2D eigenvalue weighted by atomic mass is 19.4. The Hall–Kier alpha value is -3.69. The number of rotatable bonds is 9. The second kappa shape index (κ2) is 13.1. The normalized spacial score (nSPS) is 21.3. The van der Waals surface area contributed by atoms with E-state index >= 15 is 0 Å². The Kier molecular flexibility index (Phi) is 9.90. The maximum atomic E-state index is 13.9. The van der Waals surface area contributed by atoms with Gasteiger partial charge < -0.3 is 15.0 Å². The predicted octanol–water partition coefficient (Wildman–Crippen LogP) is 6.76. The van der Waals surface area contributed by atoms with E-state index in [0.717, 1.165) is 30.5 Å². The smallest absolute Gasteiger partial charge is 0.416 e. The summed E-state index contributed by atoms with van der Waals surface area (Å²) in [5, 5.41) is 2.71. The molecule has 0 saturated heterocycles. The van der Waals surface area contributed by atoms with Crippen LogP contribution in [0, 0.1) is 11.3 Å². The molecule has 7 nitrogen and oxygen atoms in total. The molecule has 1 unspecified atom stereocenters. The summed E-state index contributed by atoms with van der Waals surface area (Å²) in [7, 11) is 0. The topological polar surface area (TPSA) is 88.1 Å². The Morgan fingerprint density at radius 2 is 1.75 bits per heavy atom. The zero-order valence-electron chi connectivity index (χ0n) is 26.1. The monoisotopic (exact) mass is 613 g/mol. The van der Waals surface area contributed by atoms with Crippen LogP contribution >= 0.6 is 0 Å². The van der Waals surface area contributed by atoms with Crippen molar-refractivity contribution in [3.8, 4) is 0 Å². The molecule has 10 heteroatoms. The molecule has 238 valence electrons. The van der Waals surface area contributed by atoms with Gasteiger partial charge in [0, 0.05) is 24.2 Å². The lowest BCUT2D eigenvalue weighted by molar-refractivity contribution is -0.143. The summed E-state index contributed by atoms with van der Waals surface area (Å²) in [5.41, 5.74) is 0.0787. The Morgan fingerprint density at radius 3 is 2.34 bits per heavy atom. The van der Waals surface area contributed by atoms with Crippen LogP contribution in [0.25, 0.3) is 0 Å². The summed E-state index contributed by atoms with van der Waals surface area (Å²) in [4.78, 5) is 44.7. The van der Waals surface area contributed by atoms with Gasteiger partial charge in [-0.05, 0) is 79.7 Å². The van der Waals surface area contributed by atoms with Crippen LogP contribution in [0.2, 0.25) is 0 Å². The molecule has 1 fully saturated rings. The molecule has 1 saturated carbocycles. The molecule has 1 atom stereocenters. The van der Waals surface area contributed by atoms with Crippen LogP contribution in [-0.4, -0.2) is 53.8 Å². The molecule has 2 aromatic carbocycles. The molecule has 1 aliphatic heterocycles. The summed E-state index contributed by atoms with van der Waals surface area (Å²) < 4.78 is 45.4. The maximum Gasteiger partial charge on any atom is 0.416 e. The van der Waals surface area contributed by atoms with Gasteiger partial charge in [-0.15, -0.1) is 0 Å². The van der Waals surface area contributed by atoms with Gasteiger partial charge in [0.2, 0.25) is 0 Å². The first kappa shape index (κ1) is 33.2. The zero-order valence-corrected chi connectivity index (χ0v) is 26.1. The molecule has 1 aliphatic carbocycles. The summed E-state index contributed by atoms with van der Waals surface area (Å²) >= 11 is 0. The van der Waals surface area contributed by atoms with Crippen LogP contribution in [0.3, 0.4) is 0 Å². The molecule has 1 spiro atoms. The van der Waals surface area contributed by atoms with Crippen molar-refractivity contribution in [2.75, 3.05) is 19.7 Å². The third-order valence-corrected chi connectivity index (χ3v) is 8.86. The highest BCUT2D eigenvalue weighted by Gasteiger charge is 2.50. The molecular formula is C34H42F3N3O4. The van der Waals surface area contributed by atoms with Crippen molar-refractivity contribution in [2.24, 2.45) is 16.3 Å². The molecule has 44 heavy (non-hydrogen) atoms. The number of benzene rings is 2. The molecule has 1 heterocycles. The Bertz CT molecular complexity index is 1390. The number of nitrogens with one attached hydrogen (secondary N) is 1. The van der Waals surface area contributed by atoms with E-state index in [4.69, 9.17) is 9.73 Å². The number of nitrogens with zero attached hydrogens (tertiary/aromatic N) is 2. The van der Waals surface area contributed by atoms with Crippen LogP contribution in [0.5, 0.6) is 0 Å². The van der Waals surface area contributed by atoms with Gasteiger partial charge in [-0.25, -0.2) is 0 Å². The number of halogens is 3. The first-order chi connectivity index (χ1) is 20.6. The summed E-state index contributed by atoms with van der Waals surface area (Å²) in [6.45, 7) is 11.1. The largest absolute Gasteiger partial charge is 0.466 e. The van der Waals surface area contributed by atoms with Gasteiger partial charge in [-0.3, -0.25) is 19.4 Å². The Morgan fingerprint density at radius 1 is 1.09 bits per heavy atom. The SMILES string of the molecule is CCOC(=O)CCNC(=O)c1ccc(C(C)CN2C(=O)C(c3cccc(C(F)(F)F)c3)=NC23CCC(C(C)(C)C)CC3)cc1. The molecular weight excluding hydrogens is 571 g/mol. The number of amides is 2. The second-order valence-corrected chi connectivity index (χ2v) is 12.9. The van der Waals surface area contributed by atoms with Gasteiger partial charge >= 0.3 is 12.1 Å². The fourth-order valence-electron chi connectivity index (χ4n) is 6.20. The van der Waals surface area contributed by atoms with Gasteiger partial charge in [-0.2, -0.15) is 13.2 Å². The number of hydrogen-bond acceptors (Lipinski definition) is 5. The Labute approximate surface area is 257 Å². The molecule has 2 aromatic rings. The number of carbonyl (C=O) groups excluding carboxylic acids is 3. The molecule has 2 amide bonds. The molecule has 0 bridgehead atoms. The number of hydrogen-bond donors (Lipinski definition) is 1. The Balaban J connectivity index is 1.53. The second-order valence-electron chi connectivity index (χ2n) is 12.9. The summed E-state index contributed by atoms with van der Waals surface area (Å²) in [5.74, 6) is -0.724. The van der Waals surface area contributed by atoms with E-state index in [1.807, 2.05) is 19.1 Å². The van der Waals surface area contributed by atoms with Crippen molar-refractivity contribution < 1.29 is 32.3 Å². The number of ether oxygens (including phenoxy) is 1. The lowest BCUT2D eigenvalue weighted by Gasteiger charge is -2.45. The summed E-state index contributed by atoms with van der Waals surface area (Å²) in [6, 6.07) is 11.9. The fraction of sp³-hybridized carbons (Fsp3) is 0.529. The van der Waals surface area contributed by atoms with Gasteiger partial charge in [0.25, 0.3) is 11.8 Å². The molecule has 0 radical (unpaired) electrons. The molecule has 4 rings (SSSR count). The minimum Gasteiger partial charge on any atom is -0.466 e. The quantitative estimate of drug-likeness (QED) is 0.317. The van der Waals surface area contributed by atoms with Gasteiger partial charge in [0.1, 0.15) is 11.4 Å². The minimum absolute atomic E-state index is 0.0762. The van der Waals surface area contributed by atoms with Crippen LogP contribution < -0.4 is 5.32 Å². The van der Waals surface area contributed by atoms with E-state index in [2.05, 4.69) is 26.1 Å². The number of aliphatic imine (C=N–C) groups is 1. The third kappa shape index (κ3) is 7.50. The van der Waals surface area contributed by atoms with Crippen molar-refractivity contribution in [2.45, 2.75) is 84.5 Å². The third-order valence-electron chi connectivity index (χ3n) is 8.86. The zero-order chi connectivity index (χ0) is 32.3. The standard InChI is InChI=1S/C34H42F3N3O4/c1-6-44-28(41)16-19-38-30(42)24-12-10-23(11-13-24)22(2)21-40-31(43)29(25-8-7-9-27(20-25)34(35,36)37)39-33(40)17-14-26(15-18-33)32(3,4)5/h7-13,20,22,26H,6,14-19,21H2,1-5H3,(H,38,42). The van der Waals surface area contributed by atoms with Crippen molar-refractivity contribution in [1.82, 2.24) is 10.2 Å². The van der Waals surface area contributed by atoms with Gasteiger partial charge in [0.05, 0.1) is 18.6 Å². The lowest BCUT2D eigenvalue weighted by atomic mass is 9.69. The van der Waals surface area contributed by atoms with E-state index in [1.165, 1.54) is 12.1 Å². The number of esters is 1. The summed E-state index contributed by atoms with van der Waals surface area (Å²) in [6.07, 6.45) is -1.44. The van der Waals surface area contributed by atoms with Gasteiger partial charge in [-0.1, -0.05) is 52.0 Å². The molecule has 0 aromatic heterocycles. The van der Waals surface area contributed by atoms with Crippen LogP contribution in [0.15, 0.2) is 53.5 Å². The van der Waals surface area contributed by atoms with Crippen molar-refractivity contribution >= 4 is 23.5 Å². The van der Waals surface area contributed by atoms with Gasteiger partial charge in [0.15, 0.2) is 0 Å². The highest BCUT2D eigenvalue weighted by Crippen LogP contribution is 2.47. The van der Waals surface area contributed by atoms with E-state index in [0.29, 0.717) is 30.9 Å². The first-order valence-corrected chi connectivity index (χ1v) is 15.3. The van der Waals surface area contributed by atoms with Crippen LogP contribution in [0.4, 0.5) is 13.2 Å². The number of carbonyl (C=O) groups is 3. The molecule has 2 aliphatic rings. The highest BCUT2D eigenvalue weighted by molar-refractivity contribution is 6.46. The average Bonchev–Trinajstić information content (AvgIpc) is 3.22. The van der Waals surface area contributed by atoms with Crippen LogP contribution in [0.1, 0.15) is 99.7 Å². The van der Waals surface area contributed by atoms with E-state index in [-0.39, 0.29) is 60.0 Å². The van der Waals surface area contributed by atoms with Crippen molar-refractivity contribution in [3.63, 3.8) is 0 Å².